The number of hydrogen-bond acceptors (Lipinski definition) is 8. The van der Waals surface area contributed by atoms with E-state index in [4.69, 9.17) is 14.7 Å². The van der Waals surface area contributed by atoms with Crippen molar-refractivity contribution >= 4 is 34.2 Å². The molecule has 0 radical (unpaired) electrons. The Kier molecular flexibility index (Phi) is 9.02. The first-order valence-electron chi connectivity index (χ1n) is 9.91. The molecule has 1 amide bonds. The lowest BCUT2D eigenvalue weighted by atomic mass is 9.97. The Bertz CT molecular complexity index is 842. The van der Waals surface area contributed by atoms with E-state index in [2.05, 4.69) is 22.9 Å². The van der Waals surface area contributed by atoms with Crippen molar-refractivity contribution in [3.05, 3.63) is 28.7 Å². The lowest BCUT2D eigenvalue weighted by molar-refractivity contribution is -0.121. The molecule has 1 aromatic heterocycles. The Morgan fingerprint density at radius 3 is 2.80 bits per heavy atom. The molecule has 9 heteroatoms. The van der Waals surface area contributed by atoms with Gasteiger partial charge in [-0.1, -0.05) is 12.7 Å². The zero-order valence-electron chi connectivity index (χ0n) is 17.4. The summed E-state index contributed by atoms with van der Waals surface area (Å²) in [6, 6.07) is 2.12. The molecule has 0 spiro atoms. The molecule has 1 aliphatic heterocycles. The van der Waals surface area contributed by atoms with E-state index in [1.807, 2.05) is 0 Å². The SMILES string of the molecule is C=CCOC(=O)c1sc(NC(=O)C2CCCN(CCC#N)C2)c(C(=O)OCC)c1C. The number of esters is 2. The molecule has 2 heterocycles. The van der Waals surface area contributed by atoms with E-state index in [1.54, 1.807) is 13.8 Å². The number of hydrogen-bond donors (Lipinski definition) is 1. The van der Waals surface area contributed by atoms with Crippen LogP contribution in [-0.2, 0) is 14.3 Å². The number of nitrogens with one attached hydrogen (secondary N) is 1. The van der Waals surface area contributed by atoms with E-state index < -0.39 is 11.9 Å². The fourth-order valence-corrected chi connectivity index (χ4v) is 4.43. The molecular formula is C21H27N3O5S. The molecule has 2 rings (SSSR count). The number of carbonyl (C=O) groups excluding carboxylic acids is 3. The summed E-state index contributed by atoms with van der Waals surface area (Å²) in [5.74, 6) is -1.65. The van der Waals surface area contributed by atoms with Crippen LogP contribution in [-0.4, -0.2) is 55.6 Å². The highest BCUT2D eigenvalue weighted by Crippen LogP contribution is 2.35. The van der Waals surface area contributed by atoms with Gasteiger partial charge in [-0.2, -0.15) is 5.26 Å². The van der Waals surface area contributed by atoms with Crippen molar-refractivity contribution in [2.45, 2.75) is 33.1 Å². The average molecular weight is 434 g/mol. The van der Waals surface area contributed by atoms with Crippen molar-refractivity contribution in [2.24, 2.45) is 5.92 Å². The van der Waals surface area contributed by atoms with Gasteiger partial charge in [0, 0.05) is 19.5 Å². The van der Waals surface area contributed by atoms with Crippen LogP contribution in [0, 0.1) is 24.2 Å². The Hall–Kier alpha value is -2.70. The summed E-state index contributed by atoms with van der Waals surface area (Å²) in [6.45, 7) is 9.10. The van der Waals surface area contributed by atoms with Crippen LogP contribution in [0.2, 0.25) is 0 Å². The summed E-state index contributed by atoms with van der Waals surface area (Å²) >= 11 is 1.01. The van der Waals surface area contributed by atoms with Gasteiger partial charge in [-0.15, -0.1) is 11.3 Å². The quantitative estimate of drug-likeness (QED) is 0.471. The number of nitriles is 1. The monoisotopic (exact) mass is 433 g/mol. The molecule has 0 bridgehead atoms. The van der Waals surface area contributed by atoms with Gasteiger partial charge in [-0.3, -0.25) is 4.79 Å². The van der Waals surface area contributed by atoms with Crippen LogP contribution in [0.1, 0.15) is 51.8 Å². The molecule has 8 nitrogen and oxygen atoms in total. The third-order valence-corrected chi connectivity index (χ3v) is 5.98. The molecule has 1 saturated heterocycles. The molecule has 0 aromatic carbocycles. The van der Waals surface area contributed by atoms with Gasteiger partial charge in [-0.05, 0) is 38.8 Å². The predicted molar refractivity (Wildman–Crippen MR) is 114 cm³/mol. The molecule has 30 heavy (non-hydrogen) atoms. The van der Waals surface area contributed by atoms with Crippen molar-refractivity contribution in [1.29, 1.82) is 5.26 Å². The summed E-state index contributed by atoms with van der Waals surface area (Å²) in [7, 11) is 0. The minimum absolute atomic E-state index is 0.0488. The Balaban J connectivity index is 2.23. The third kappa shape index (κ3) is 5.90. The zero-order valence-corrected chi connectivity index (χ0v) is 18.2. The van der Waals surface area contributed by atoms with E-state index >= 15 is 0 Å². The number of thiophene rings is 1. The number of ether oxygens (including phenoxy) is 2. The maximum Gasteiger partial charge on any atom is 0.348 e. The smallest absolute Gasteiger partial charge is 0.348 e. The number of nitrogens with zero attached hydrogens (tertiary/aromatic N) is 2. The van der Waals surface area contributed by atoms with Crippen LogP contribution in [0.25, 0.3) is 0 Å². The predicted octanol–water partition coefficient (Wildman–Crippen LogP) is 3.14. The van der Waals surface area contributed by atoms with Gasteiger partial charge in [0.05, 0.1) is 24.2 Å². The molecule has 162 valence electrons. The summed E-state index contributed by atoms with van der Waals surface area (Å²) in [4.78, 5) is 40.1. The summed E-state index contributed by atoms with van der Waals surface area (Å²) in [6.07, 6.45) is 3.46. The van der Waals surface area contributed by atoms with Gasteiger partial charge in [0.2, 0.25) is 5.91 Å². The fraction of sp³-hybridized carbons (Fsp3) is 0.524. The lowest BCUT2D eigenvalue weighted by Gasteiger charge is -2.31. The van der Waals surface area contributed by atoms with Crippen LogP contribution >= 0.6 is 11.3 Å². The van der Waals surface area contributed by atoms with Crippen molar-refractivity contribution in [2.75, 3.05) is 38.2 Å². The standard InChI is InChI=1S/C21H27N3O5S/c1-4-12-29-21(27)17-14(3)16(20(26)28-5-2)19(30-17)23-18(25)15-8-6-10-24(13-15)11-7-9-22/h4,15H,1,5-8,10-13H2,2-3H3,(H,23,25). The molecular weight excluding hydrogens is 406 g/mol. The van der Waals surface area contributed by atoms with Crippen LogP contribution in [0.5, 0.6) is 0 Å². The van der Waals surface area contributed by atoms with E-state index in [9.17, 15) is 14.4 Å². The van der Waals surface area contributed by atoms with Gasteiger partial charge < -0.3 is 19.7 Å². The van der Waals surface area contributed by atoms with Crippen LogP contribution in [0.3, 0.4) is 0 Å². The second-order valence-electron chi connectivity index (χ2n) is 6.91. The molecule has 0 aliphatic carbocycles. The van der Waals surface area contributed by atoms with Gasteiger partial charge in [0.1, 0.15) is 16.5 Å². The van der Waals surface area contributed by atoms with Crippen molar-refractivity contribution < 1.29 is 23.9 Å². The van der Waals surface area contributed by atoms with E-state index in [0.29, 0.717) is 25.1 Å². The summed E-state index contributed by atoms with van der Waals surface area (Å²) in [5.41, 5.74) is 0.597. The van der Waals surface area contributed by atoms with Crippen molar-refractivity contribution in [1.82, 2.24) is 4.90 Å². The summed E-state index contributed by atoms with van der Waals surface area (Å²) in [5, 5.41) is 11.9. The average Bonchev–Trinajstić information content (AvgIpc) is 3.06. The van der Waals surface area contributed by atoms with Crippen LogP contribution in [0.15, 0.2) is 12.7 Å². The second-order valence-corrected chi connectivity index (χ2v) is 7.93. The Morgan fingerprint density at radius 1 is 1.37 bits per heavy atom. The highest BCUT2D eigenvalue weighted by atomic mass is 32.1. The number of likely N-dealkylation sites (tertiary alicyclic amines) is 1. The zero-order chi connectivity index (χ0) is 22.1. The molecule has 1 fully saturated rings. The van der Waals surface area contributed by atoms with Gasteiger partial charge >= 0.3 is 11.9 Å². The molecule has 1 N–H and O–H groups in total. The number of anilines is 1. The van der Waals surface area contributed by atoms with E-state index in [0.717, 1.165) is 30.7 Å². The lowest BCUT2D eigenvalue weighted by Crippen LogP contribution is -2.41. The van der Waals surface area contributed by atoms with Gasteiger partial charge in [0.25, 0.3) is 0 Å². The Labute approximate surface area is 180 Å². The Morgan fingerprint density at radius 2 is 2.13 bits per heavy atom. The van der Waals surface area contributed by atoms with Gasteiger partial charge in [-0.25, -0.2) is 9.59 Å². The highest BCUT2D eigenvalue weighted by Gasteiger charge is 2.30. The maximum absolute atomic E-state index is 12.9. The second kappa shape index (κ2) is 11.5. The molecule has 1 aromatic rings. The molecule has 1 aliphatic rings. The van der Waals surface area contributed by atoms with Crippen molar-refractivity contribution in [3.63, 3.8) is 0 Å². The number of piperidine rings is 1. The number of amides is 1. The van der Waals surface area contributed by atoms with Crippen molar-refractivity contribution in [3.8, 4) is 6.07 Å². The first-order valence-corrected chi connectivity index (χ1v) is 10.7. The van der Waals surface area contributed by atoms with E-state index in [1.165, 1.54) is 6.08 Å². The van der Waals surface area contributed by atoms with Crippen LogP contribution in [0.4, 0.5) is 5.00 Å². The largest absolute Gasteiger partial charge is 0.462 e. The molecule has 0 saturated carbocycles. The van der Waals surface area contributed by atoms with E-state index in [-0.39, 0.29) is 40.5 Å². The minimum atomic E-state index is -0.594. The molecule has 1 atom stereocenters. The fourth-order valence-electron chi connectivity index (χ4n) is 3.34. The summed E-state index contributed by atoms with van der Waals surface area (Å²) < 4.78 is 10.2. The first kappa shape index (κ1) is 23.6. The maximum atomic E-state index is 12.9. The first-order chi connectivity index (χ1) is 14.4. The highest BCUT2D eigenvalue weighted by molar-refractivity contribution is 7.18. The third-order valence-electron chi connectivity index (χ3n) is 4.80. The number of carbonyl (C=O) groups is 3. The molecule has 1 unspecified atom stereocenters. The minimum Gasteiger partial charge on any atom is -0.462 e. The van der Waals surface area contributed by atoms with Crippen LogP contribution < -0.4 is 5.32 Å². The van der Waals surface area contributed by atoms with Gasteiger partial charge in [0.15, 0.2) is 0 Å². The topological polar surface area (TPSA) is 109 Å². The normalized spacial score (nSPS) is 16.4. The number of rotatable bonds is 9.